The maximum absolute atomic E-state index is 12.9. The van der Waals surface area contributed by atoms with E-state index in [0.717, 1.165) is 17.8 Å². The van der Waals surface area contributed by atoms with E-state index in [2.05, 4.69) is 15.3 Å². The number of fused-ring (bicyclic) bond motifs is 2. The molecule has 144 valence electrons. The summed E-state index contributed by atoms with van der Waals surface area (Å²) in [6.07, 6.45) is 0. The molecule has 9 heteroatoms. The fourth-order valence-corrected chi connectivity index (χ4v) is 3.77. The Labute approximate surface area is 168 Å². The molecular weight excluding hydrogens is 392 g/mol. The Hall–Kier alpha value is -3.72. The lowest BCUT2D eigenvalue weighted by molar-refractivity contribution is -0.113. The molecule has 1 heterocycles. The van der Waals surface area contributed by atoms with Gasteiger partial charge in [-0.1, -0.05) is 48.2 Å². The van der Waals surface area contributed by atoms with Crippen molar-refractivity contribution >= 4 is 40.7 Å². The van der Waals surface area contributed by atoms with Crippen molar-refractivity contribution in [3.63, 3.8) is 0 Å². The number of H-pyrrole nitrogens is 1. The highest BCUT2D eigenvalue weighted by Crippen LogP contribution is 2.32. The topological polar surface area (TPSA) is 135 Å². The maximum Gasteiger partial charge on any atom is 0.253 e. The molecule has 4 N–H and O–H groups in total. The highest BCUT2D eigenvalue weighted by atomic mass is 32.2. The Morgan fingerprint density at radius 2 is 1.69 bits per heavy atom. The Morgan fingerprint density at radius 1 is 1.00 bits per heavy atom. The lowest BCUT2D eigenvalue weighted by Crippen LogP contribution is -2.24. The average Bonchev–Trinajstić information content (AvgIpc) is 2.70. The molecule has 0 bridgehead atoms. The summed E-state index contributed by atoms with van der Waals surface area (Å²) in [5.41, 5.74) is 6.44. The minimum Gasteiger partial charge on any atom is -0.383 e. The fraction of sp³-hybridized carbons (Fsp3) is 0.0500. The monoisotopic (exact) mass is 406 g/mol. The molecule has 0 radical (unpaired) electrons. The van der Waals surface area contributed by atoms with E-state index in [9.17, 15) is 19.2 Å². The Balaban J connectivity index is 1.57. The summed E-state index contributed by atoms with van der Waals surface area (Å²) in [5, 5.41) is 2.88. The van der Waals surface area contributed by atoms with Gasteiger partial charge in [0.1, 0.15) is 5.82 Å². The highest BCUT2D eigenvalue weighted by Gasteiger charge is 2.31. The van der Waals surface area contributed by atoms with Gasteiger partial charge >= 0.3 is 0 Å². The smallest absolute Gasteiger partial charge is 0.253 e. The predicted molar refractivity (Wildman–Crippen MR) is 108 cm³/mol. The number of nitrogen functional groups attached to an aromatic ring is 1. The first-order chi connectivity index (χ1) is 13.9. The van der Waals surface area contributed by atoms with Crippen LogP contribution in [0.3, 0.4) is 0 Å². The van der Waals surface area contributed by atoms with Crippen LogP contribution in [-0.2, 0) is 4.79 Å². The van der Waals surface area contributed by atoms with Crippen molar-refractivity contribution in [2.45, 2.75) is 5.16 Å². The number of hydrogen-bond acceptors (Lipinski definition) is 7. The van der Waals surface area contributed by atoms with E-state index < -0.39 is 11.5 Å². The van der Waals surface area contributed by atoms with E-state index in [0.29, 0.717) is 11.1 Å². The summed E-state index contributed by atoms with van der Waals surface area (Å²) < 4.78 is 0. The third kappa shape index (κ3) is 3.55. The van der Waals surface area contributed by atoms with Crippen LogP contribution in [0.5, 0.6) is 0 Å². The minimum atomic E-state index is -0.424. The van der Waals surface area contributed by atoms with Gasteiger partial charge in [-0.3, -0.25) is 19.2 Å². The molecule has 0 aliphatic heterocycles. The minimum absolute atomic E-state index is 0.0524. The number of thioether (sulfide) groups is 1. The van der Waals surface area contributed by atoms with Gasteiger partial charge in [-0.25, -0.2) is 4.98 Å². The van der Waals surface area contributed by atoms with Gasteiger partial charge in [-0.05, 0) is 6.07 Å². The Bertz CT molecular complexity index is 1240. The Kier molecular flexibility index (Phi) is 4.73. The van der Waals surface area contributed by atoms with Gasteiger partial charge in [0.2, 0.25) is 5.91 Å². The molecule has 1 aliphatic carbocycles. The van der Waals surface area contributed by atoms with E-state index in [1.54, 1.807) is 42.5 Å². The number of hydrogen-bond donors (Lipinski definition) is 3. The van der Waals surface area contributed by atoms with Crippen LogP contribution in [0.1, 0.15) is 31.8 Å². The first-order valence-corrected chi connectivity index (χ1v) is 9.53. The molecule has 3 aromatic rings. The van der Waals surface area contributed by atoms with Crippen molar-refractivity contribution in [3.8, 4) is 0 Å². The molecule has 0 unspecified atom stereocenters. The van der Waals surface area contributed by atoms with Gasteiger partial charge in [0.05, 0.1) is 17.0 Å². The third-order valence-electron chi connectivity index (χ3n) is 4.31. The summed E-state index contributed by atoms with van der Waals surface area (Å²) >= 11 is 0.993. The van der Waals surface area contributed by atoms with Crippen molar-refractivity contribution in [2.24, 2.45) is 0 Å². The lowest BCUT2D eigenvalue weighted by atomic mass is 9.83. The summed E-state index contributed by atoms with van der Waals surface area (Å²) in [4.78, 5) is 55.9. The lowest BCUT2D eigenvalue weighted by Gasteiger charge is -2.20. The standard InChI is InChI=1S/C20H14N4O4S/c21-14-8-15(25)24-20(23-14)29-9-16(26)22-13-7-3-6-12-17(13)19(28)11-5-2-1-4-10(11)18(12)27/h1-8H,9H2,(H,22,26)(H3,21,23,24,25). The molecule has 1 aliphatic rings. The second-order valence-electron chi connectivity index (χ2n) is 6.24. The number of anilines is 2. The number of amides is 1. The van der Waals surface area contributed by atoms with Crippen LogP contribution >= 0.6 is 11.8 Å². The normalized spacial score (nSPS) is 12.3. The number of nitrogens with one attached hydrogen (secondary N) is 2. The molecule has 0 spiro atoms. The number of nitrogens with two attached hydrogens (primary N) is 1. The van der Waals surface area contributed by atoms with Crippen molar-refractivity contribution in [1.82, 2.24) is 9.97 Å². The van der Waals surface area contributed by atoms with Gasteiger partial charge in [-0.2, -0.15) is 0 Å². The largest absolute Gasteiger partial charge is 0.383 e. The number of aromatic amines is 1. The van der Waals surface area contributed by atoms with Crippen molar-refractivity contribution in [3.05, 3.63) is 81.1 Å². The van der Waals surface area contributed by atoms with Gasteiger partial charge in [0.15, 0.2) is 16.7 Å². The molecule has 1 amide bonds. The predicted octanol–water partition coefficient (Wildman–Crippen LogP) is 1.86. The number of benzene rings is 2. The first-order valence-electron chi connectivity index (χ1n) is 8.55. The molecule has 0 atom stereocenters. The number of carbonyl (C=O) groups excluding carboxylic acids is 3. The molecule has 4 rings (SSSR count). The molecule has 8 nitrogen and oxygen atoms in total. The molecular formula is C20H14N4O4S. The summed E-state index contributed by atoms with van der Waals surface area (Å²) in [6, 6.07) is 12.5. The zero-order valence-electron chi connectivity index (χ0n) is 14.9. The van der Waals surface area contributed by atoms with Crippen LogP contribution in [-0.4, -0.2) is 33.2 Å². The number of nitrogens with zero attached hydrogens (tertiary/aromatic N) is 1. The molecule has 29 heavy (non-hydrogen) atoms. The first kappa shape index (κ1) is 18.6. The number of rotatable bonds is 4. The van der Waals surface area contributed by atoms with E-state index in [-0.39, 0.29) is 45.1 Å². The maximum atomic E-state index is 12.9. The molecule has 0 saturated heterocycles. The van der Waals surface area contributed by atoms with Crippen LogP contribution in [0, 0.1) is 0 Å². The zero-order valence-corrected chi connectivity index (χ0v) is 15.7. The average molecular weight is 406 g/mol. The van der Waals surface area contributed by atoms with E-state index >= 15 is 0 Å². The molecule has 1 aromatic heterocycles. The van der Waals surface area contributed by atoms with Crippen LogP contribution < -0.4 is 16.6 Å². The van der Waals surface area contributed by atoms with Gasteiger partial charge < -0.3 is 16.0 Å². The van der Waals surface area contributed by atoms with Crippen LogP contribution in [0.25, 0.3) is 0 Å². The number of carbonyl (C=O) groups is 3. The summed E-state index contributed by atoms with van der Waals surface area (Å²) in [5.74, 6) is -1.03. The van der Waals surface area contributed by atoms with Crippen LogP contribution in [0.2, 0.25) is 0 Å². The van der Waals surface area contributed by atoms with Gasteiger partial charge in [0, 0.05) is 22.8 Å². The van der Waals surface area contributed by atoms with Gasteiger partial charge in [0.25, 0.3) is 5.56 Å². The summed E-state index contributed by atoms with van der Waals surface area (Å²) in [6.45, 7) is 0. The van der Waals surface area contributed by atoms with Crippen molar-refractivity contribution in [2.75, 3.05) is 16.8 Å². The SMILES string of the molecule is Nc1cc(=O)[nH]c(SCC(=O)Nc2cccc3c2C(=O)c2ccccc2C3=O)n1. The summed E-state index contributed by atoms with van der Waals surface area (Å²) in [7, 11) is 0. The molecule has 0 saturated carbocycles. The quantitative estimate of drug-likeness (QED) is 0.348. The Morgan fingerprint density at radius 3 is 2.41 bits per heavy atom. The fourth-order valence-electron chi connectivity index (χ4n) is 3.09. The second-order valence-corrected chi connectivity index (χ2v) is 7.21. The number of ketones is 2. The van der Waals surface area contributed by atoms with Crippen molar-refractivity contribution in [1.29, 1.82) is 0 Å². The number of aromatic nitrogens is 2. The molecule has 0 fully saturated rings. The van der Waals surface area contributed by atoms with E-state index in [1.807, 2.05) is 0 Å². The van der Waals surface area contributed by atoms with E-state index in [1.165, 1.54) is 0 Å². The molecule has 2 aromatic carbocycles. The second kappa shape index (κ2) is 7.36. The van der Waals surface area contributed by atoms with Crippen molar-refractivity contribution < 1.29 is 14.4 Å². The van der Waals surface area contributed by atoms with E-state index in [4.69, 9.17) is 5.73 Å². The zero-order chi connectivity index (χ0) is 20.5. The van der Waals surface area contributed by atoms with Crippen LogP contribution in [0.15, 0.2) is 58.5 Å². The highest BCUT2D eigenvalue weighted by molar-refractivity contribution is 7.99. The van der Waals surface area contributed by atoms with Crippen LogP contribution in [0.4, 0.5) is 11.5 Å². The van der Waals surface area contributed by atoms with Gasteiger partial charge in [-0.15, -0.1) is 0 Å². The third-order valence-corrected chi connectivity index (χ3v) is 5.18.